The summed E-state index contributed by atoms with van der Waals surface area (Å²) in [5, 5.41) is 0. The molecule has 0 amide bonds. The minimum atomic E-state index is -0.783. The standard InChI is InChI=1S/C75H132O6/c1-4-7-10-13-16-19-22-25-28-31-33-35-37-39-41-44-47-50-53-56-59-62-65-68-74(77)80-71-72(70-79-73(76)67-64-61-58-55-52-49-46-43-30-27-24-21-18-15-12-9-6-3)81-75(78)69-66-63-60-57-54-51-48-45-42-40-38-36-34-32-29-26-23-20-17-14-11-8-5-2/h7,9-10,12,16,18-19,21,25,27-28,30,33,35,72H,4-6,8,11,13-15,17,20,22-24,26,29,31-32,34,36-71H2,1-3H3/b10-7-,12-9-,19-16-,21-18-,28-25-,30-27-,35-33-. The molecule has 0 aliphatic heterocycles. The Hall–Kier alpha value is -3.41. The number of ether oxygens (including phenoxy) is 3. The lowest BCUT2D eigenvalue weighted by Gasteiger charge is -2.18. The highest BCUT2D eigenvalue weighted by Gasteiger charge is 2.19. The van der Waals surface area contributed by atoms with Gasteiger partial charge in [-0.15, -0.1) is 0 Å². The number of esters is 3. The van der Waals surface area contributed by atoms with E-state index in [4.69, 9.17) is 14.2 Å². The van der Waals surface area contributed by atoms with Crippen molar-refractivity contribution < 1.29 is 28.6 Å². The zero-order chi connectivity index (χ0) is 58.5. The molecule has 0 saturated carbocycles. The Balaban J connectivity index is 4.34. The Morgan fingerprint density at radius 2 is 0.481 bits per heavy atom. The van der Waals surface area contributed by atoms with Crippen molar-refractivity contribution in [3.8, 4) is 0 Å². The highest BCUT2D eigenvalue weighted by Crippen LogP contribution is 2.18. The summed E-state index contributed by atoms with van der Waals surface area (Å²) in [5.41, 5.74) is 0. The van der Waals surface area contributed by atoms with Crippen molar-refractivity contribution in [2.45, 2.75) is 361 Å². The smallest absolute Gasteiger partial charge is 0.306 e. The van der Waals surface area contributed by atoms with E-state index in [0.29, 0.717) is 19.3 Å². The van der Waals surface area contributed by atoms with Crippen LogP contribution in [-0.2, 0) is 28.6 Å². The third-order valence-corrected chi connectivity index (χ3v) is 15.4. The van der Waals surface area contributed by atoms with Crippen LogP contribution in [0, 0.1) is 0 Å². The van der Waals surface area contributed by atoms with Gasteiger partial charge in [0.05, 0.1) is 0 Å². The number of unbranched alkanes of at least 4 members (excludes halogenated alkanes) is 39. The quantitative estimate of drug-likeness (QED) is 0.0261. The maximum absolute atomic E-state index is 13.0. The third kappa shape index (κ3) is 67.3. The predicted molar refractivity (Wildman–Crippen MR) is 353 cm³/mol. The van der Waals surface area contributed by atoms with Gasteiger partial charge in [-0.1, -0.05) is 331 Å². The van der Waals surface area contributed by atoms with E-state index in [-0.39, 0.29) is 31.1 Å². The normalized spacial score (nSPS) is 12.6. The van der Waals surface area contributed by atoms with Crippen LogP contribution in [0.15, 0.2) is 85.1 Å². The molecule has 1 atom stereocenters. The summed E-state index contributed by atoms with van der Waals surface area (Å²) in [6.45, 7) is 6.46. The van der Waals surface area contributed by atoms with Crippen LogP contribution >= 0.6 is 0 Å². The molecule has 1 unspecified atom stereocenters. The Bertz CT molecular complexity index is 1530. The van der Waals surface area contributed by atoms with Crippen molar-refractivity contribution in [3.63, 3.8) is 0 Å². The monoisotopic (exact) mass is 1130 g/mol. The van der Waals surface area contributed by atoms with E-state index >= 15 is 0 Å². The van der Waals surface area contributed by atoms with E-state index < -0.39 is 6.10 Å². The van der Waals surface area contributed by atoms with Gasteiger partial charge < -0.3 is 14.2 Å². The van der Waals surface area contributed by atoms with Gasteiger partial charge in [0.15, 0.2) is 6.10 Å². The average Bonchev–Trinajstić information content (AvgIpc) is 3.47. The average molecular weight is 1130 g/mol. The SMILES string of the molecule is CC/C=C\C/C=C\C/C=C\C/C=C\CCCCCCCCCCCCC(=O)OCC(COC(=O)CCCCCCCCC/C=C\C/C=C\C/C=C\CC)OC(=O)CCCCCCCCCCCCCCCCCCCCCCCCC. The molecule has 468 valence electrons. The molecule has 81 heavy (non-hydrogen) atoms. The number of rotatable bonds is 64. The minimum Gasteiger partial charge on any atom is -0.462 e. The van der Waals surface area contributed by atoms with Crippen molar-refractivity contribution >= 4 is 17.9 Å². The summed E-state index contributed by atoms with van der Waals surface area (Å²) in [5.74, 6) is -0.872. The van der Waals surface area contributed by atoms with Crippen LogP contribution in [0.1, 0.15) is 355 Å². The zero-order valence-electron chi connectivity index (χ0n) is 53.8. The van der Waals surface area contributed by atoms with Crippen LogP contribution in [0.2, 0.25) is 0 Å². The van der Waals surface area contributed by atoms with Gasteiger partial charge in [-0.05, 0) is 89.9 Å². The molecule has 0 aromatic rings. The van der Waals surface area contributed by atoms with Gasteiger partial charge in [0.2, 0.25) is 0 Å². The lowest BCUT2D eigenvalue weighted by Crippen LogP contribution is -2.30. The van der Waals surface area contributed by atoms with E-state index in [1.165, 1.54) is 205 Å². The van der Waals surface area contributed by atoms with E-state index in [9.17, 15) is 14.4 Å². The molecule has 0 spiro atoms. The van der Waals surface area contributed by atoms with Crippen LogP contribution in [0.4, 0.5) is 0 Å². The number of allylic oxidation sites excluding steroid dienone is 14. The number of hydrogen-bond donors (Lipinski definition) is 0. The van der Waals surface area contributed by atoms with E-state index in [1.807, 2.05) is 0 Å². The third-order valence-electron chi connectivity index (χ3n) is 15.4. The Labute approximate surface area is 503 Å². The molecule has 0 aliphatic rings. The first-order valence-corrected chi connectivity index (χ1v) is 35.1. The summed E-state index contributed by atoms with van der Waals surface area (Å²) in [6, 6.07) is 0. The summed E-state index contributed by atoms with van der Waals surface area (Å²) in [6.07, 6.45) is 91.8. The Morgan fingerprint density at radius 3 is 0.753 bits per heavy atom. The van der Waals surface area contributed by atoms with Crippen molar-refractivity contribution in [3.05, 3.63) is 85.1 Å². The topological polar surface area (TPSA) is 78.9 Å². The van der Waals surface area contributed by atoms with E-state index in [1.54, 1.807) is 0 Å². The highest BCUT2D eigenvalue weighted by molar-refractivity contribution is 5.71. The molecule has 0 rings (SSSR count). The molecule has 0 radical (unpaired) electrons. The van der Waals surface area contributed by atoms with Gasteiger partial charge >= 0.3 is 17.9 Å². The molecule has 0 aromatic carbocycles. The van der Waals surface area contributed by atoms with Crippen LogP contribution in [0.3, 0.4) is 0 Å². The van der Waals surface area contributed by atoms with E-state index in [0.717, 1.165) is 109 Å². The highest BCUT2D eigenvalue weighted by atomic mass is 16.6. The Kier molecular flexibility index (Phi) is 66.2. The molecule has 0 saturated heterocycles. The van der Waals surface area contributed by atoms with Crippen LogP contribution in [0.25, 0.3) is 0 Å². The van der Waals surface area contributed by atoms with Crippen molar-refractivity contribution in [1.82, 2.24) is 0 Å². The van der Waals surface area contributed by atoms with Gasteiger partial charge in [0.25, 0.3) is 0 Å². The van der Waals surface area contributed by atoms with Crippen molar-refractivity contribution in [1.29, 1.82) is 0 Å². The van der Waals surface area contributed by atoms with Crippen molar-refractivity contribution in [2.24, 2.45) is 0 Å². The summed E-state index contributed by atoms with van der Waals surface area (Å²) < 4.78 is 17.0. The van der Waals surface area contributed by atoms with Gasteiger partial charge in [0.1, 0.15) is 13.2 Å². The first kappa shape index (κ1) is 77.6. The second-order valence-electron chi connectivity index (χ2n) is 23.4. The lowest BCUT2D eigenvalue weighted by atomic mass is 10.0. The van der Waals surface area contributed by atoms with Crippen LogP contribution in [-0.4, -0.2) is 37.2 Å². The van der Waals surface area contributed by atoms with E-state index in [2.05, 4.69) is 106 Å². The fourth-order valence-electron chi connectivity index (χ4n) is 10.2. The first-order valence-electron chi connectivity index (χ1n) is 35.1. The molecular weight excluding hydrogens is 997 g/mol. The van der Waals surface area contributed by atoms with Crippen LogP contribution in [0.5, 0.6) is 0 Å². The number of carbonyl (C=O) groups is 3. The van der Waals surface area contributed by atoms with Crippen LogP contribution < -0.4 is 0 Å². The minimum absolute atomic E-state index is 0.0789. The number of hydrogen-bond acceptors (Lipinski definition) is 6. The van der Waals surface area contributed by atoms with Gasteiger partial charge in [-0.3, -0.25) is 14.4 Å². The first-order chi connectivity index (χ1) is 40.0. The summed E-state index contributed by atoms with van der Waals surface area (Å²) in [4.78, 5) is 38.5. The molecule has 0 fully saturated rings. The van der Waals surface area contributed by atoms with Gasteiger partial charge in [-0.2, -0.15) is 0 Å². The molecule has 6 heteroatoms. The predicted octanol–water partition coefficient (Wildman–Crippen LogP) is 24.2. The molecular formula is C75H132O6. The molecule has 0 aliphatic carbocycles. The van der Waals surface area contributed by atoms with Gasteiger partial charge in [0, 0.05) is 19.3 Å². The maximum Gasteiger partial charge on any atom is 0.306 e. The second-order valence-corrected chi connectivity index (χ2v) is 23.4. The summed E-state index contributed by atoms with van der Waals surface area (Å²) in [7, 11) is 0. The number of carbonyl (C=O) groups excluding carboxylic acids is 3. The summed E-state index contributed by atoms with van der Waals surface area (Å²) >= 11 is 0. The van der Waals surface area contributed by atoms with Gasteiger partial charge in [-0.25, -0.2) is 0 Å². The maximum atomic E-state index is 13.0. The fraction of sp³-hybridized carbons (Fsp3) is 0.773. The fourth-order valence-corrected chi connectivity index (χ4v) is 10.2. The Morgan fingerprint density at radius 1 is 0.259 bits per heavy atom. The molecule has 0 aromatic heterocycles. The molecule has 0 bridgehead atoms. The lowest BCUT2D eigenvalue weighted by molar-refractivity contribution is -0.167. The second kappa shape index (κ2) is 69.1. The zero-order valence-corrected chi connectivity index (χ0v) is 53.8. The molecule has 0 N–H and O–H groups in total. The largest absolute Gasteiger partial charge is 0.462 e. The van der Waals surface area contributed by atoms with Crippen molar-refractivity contribution in [2.75, 3.05) is 13.2 Å². The molecule has 6 nitrogen and oxygen atoms in total. The molecule has 0 heterocycles.